The summed E-state index contributed by atoms with van der Waals surface area (Å²) in [4.78, 5) is 24.9. The van der Waals surface area contributed by atoms with Crippen molar-refractivity contribution in [1.82, 2.24) is 0 Å². The molecule has 0 spiro atoms. The third kappa shape index (κ3) is 7.70. The molecule has 0 saturated carbocycles. The van der Waals surface area contributed by atoms with Gasteiger partial charge in [0.15, 0.2) is 0 Å². The summed E-state index contributed by atoms with van der Waals surface area (Å²) >= 11 is 0. The van der Waals surface area contributed by atoms with Crippen LogP contribution in [0.5, 0.6) is 11.5 Å². The second kappa shape index (κ2) is 12.7. The number of hydrogen-bond acceptors (Lipinski definition) is 6. The average molecular weight is 821 g/mol. The minimum Gasteiger partial charge on any atom is -0.632 e. The van der Waals surface area contributed by atoms with Crippen molar-refractivity contribution < 1.29 is 59.0 Å². The fourth-order valence-corrected chi connectivity index (χ4v) is 1.36. The summed E-state index contributed by atoms with van der Waals surface area (Å²) in [7, 11) is 1.65. The summed E-state index contributed by atoms with van der Waals surface area (Å²) in [6, 6.07) is 3.39. The van der Waals surface area contributed by atoms with Crippen molar-refractivity contribution in [3.63, 3.8) is 0 Å². The van der Waals surface area contributed by atoms with Gasteiger partial charge in [-0.2, -0.15) is 7.05 Å². The fourth-order valence-electron chi connectivity index (χ4n) is 1.36. The standard InChI is InChI=1S/C12H14N2O5.Re.Rf.Ru/c1-8-5-11(19-12(15)6-18-14-16)9(2)4-10(8)17-7-13-3;;;/h4-6H,7H2,1-3H3;;;/q-2;;;+1. The van der Waals surface area contributed by atoms with E-state index in [1.54, 1.807) is 26.1 Å². The Hall–Kier alpha value is -1.99. The van der Waals surface area contributed by atoms with Gasteiger partial charge in [0.2, 0.25) is 5.97 Å². The molecule has 0 aliphatic heterocycles. The van der Waals surface area contributed by atoms with E-state index in [1.807, 2.05) is 6.92 Å². The Balaban J connectivity index is -0.00000120. The summed E-state index contributed by atoms with van der Waals surface area (Å²) in [6.45, 7) is 4.42. The SMILES string of the molecule is C[N-]COc1cc(C)c(OC(=O)[CH-]ON=O)cc1C.[Re].[Rf].[Ru+]. The van der Waals surface area contributed by atoms with E-state index in [0.717, 1.165) is 5.56 Å². The first-order chi connectivity index (χ1) is 9.08. The van der Waals surface area contributed by atoms with Crippen molar-refractivity contribution >= 4 is 5.97 Å². The molecule has 0 unspecified atom stereocenters. The van der Waals surface area contributed by atoms with Crippen molar-refractivity contribution in [1.29, 1.82) is 0 Å². The molecule has 1 aromatic rings. The number of esters is 1. The van der Waals surface area contributed by atoms with Gasteiger partial charge in [-0.3, -0.25) is 4.79 Å². The molecule has 0 bridgehead atoms. The Kier molecular flexibility index (Phi) is 14.5. The molecule has 0 aromatic heterocycles. The smallest absolute Gasteiger partial charge is 0.632 e. The number of carbonyl (C=O) groups is 1. The van der Waals surface area contributed by atoms with Gasteiger partial charge in [-0.1, -0.05) is 6.61 Å². The molecule has 1 aromatic carbocycles. The summed E-state index contributed by atoms with van der Waals surface area (Å²) < 4.78 is 10.4. The summed E-state index contributed by atoms with van der Waals surface area (Å²) in [6.07, 6.45) is 0. The number of aryl methyl sites for hydroxylation is 2. The van der Waals surface area contributed by atoms with E-state index in [9.17, 15) is 9.70 Å². The molecule has 0 saturated heterocycles. The second-order valence-corrected chi connectivity index (χ2v) is 3.69. The van der Waals surface area contributed by atoms with Crippen LogP contribution in [0.25, 0.3) is 5.32 Å². The van der Waals surface area contributed by atoms with Crippen molar-refractivity contribution in [2.24, 2.45) is 5.34 Å². The van der Waals surface area contributed by atoms with Crippen LogP contribution in [-0.4, -0.2) is 19.7 Å². The van der Waals surface area contributed by atoms with Crippen LogP contribution in [0.15, 0.2) is 17.5 Å². The second-order valence-electron chi connectivity index (χ2n) is 3.69. The third-order valence-corrected chi connectivity index (χ3v) is 2.22. The molecule has 0 fully saturated rings. The van der Waals surface area contributed by atoms with Crippen LogP contribution >= 0.6 is 0 Å². The summed E-state index contributed by atoms with van der Waals surface area (Å²) in [5.41, 5.74) is 1.50. The van der Waals surface area contributed by atoms with Gasteiger partial charge in [-0.05, 0) is 37.1 Å². The van der Waals surface area contributed by atoms with E-state index >= 15 is 0 Å². The number of rotatable bonds is 7. The Morgan fingerprint density at radius 2 is 1.82 bits per heavy atom. The van der Waals surface area contributed by atoms with E-state index in [4.69, 9.17) is 9.47 Å². The molecule has 0 aliphatic carbocycles. The van der Waals surface area contributed by atoms with Crippen LogP contribution in [0, 0.1) is 25.4 Å². The first-order valence-electron chi connectivity index (χ1n) is 5.41. The molecule has 0 atom stereocenters. The molecule has 120 valence electrons. The van der Waals surface area contributed by atoms with E-state index in [0.29, 0.717) is 23.7 Å². The molecule has 2 radical (unpaired) electrons. The maximum atomic E-state index is 11.2. The minimum absolute atomic E-state index is 0. The number of carbonyl (C=O) groups excluding carboxylic acids is 1. The molecule has 22 heavy (non-hydrogen) atoms. The average Bonchev–Trinajstić information content (AvgIpc) is 2.38. The van der Waals surface area contributed by atoms with Crippen molar-refractivity contribution in [3.8, 4) is 11.5 Å². The Bertz CT molecular complexity index is 479. The zero-order valence-corrected chi connectivity index (χ0v) is 23.2. The van der Waals surface area contributed by atoms with Crippen LogP contribution in [-0.2, 0) is 49.5 Å². The van der Waals surface area contributed by atoms with Crippen LogP contribution in [0.3, 0.4) is 0 Å². The van der Waals surface area contributed by atoms with Gasteiger partial charge in [0.05, 0.1) is 0 Å². The maximum Gasteiger partial charge on any atom is 1.00 e. The van der Waals surface area contributed by atoms with Gasteiger partial charge in [-0.15, -0.1) is 4.91 Å². The monoisotopic (exact) mass is 822 g/mol. The Labute approximate surface area is 149 Å². The predicted octanol–water partition coefficient (Wildman–Crippen LogP) is 2.40. The quantitative estimate of drug-likeness (QED) is 0.106. The third-order valence-electron chi connectivity index (χ3n) is 2.22. The molecule has 0 N–H and O–H groups in total. The zero-order valence-electron chi connectivity index (χ0n) is 12.3. The van der Waals surface area contributed by atoms with E-state index in [-0.39, 0.29) is 46.6 Å². The largest absolute Gasteiger partial charge is 1.00 e. The fraction of sp³-hybridized carbons (Fsp3) is 0.333. The zero-order chi connectivity index (χ0) is 14.3. The van der Waals surface area contributed by atoms with E-state index < -0.39 is 5.97 Å². The number of hydrogen-bond donors (Lipinski definition) is 0. The van der Waals surface area contributed by atoms with Crippen LogP contribution in [0.4, 0.5) is 0 Å². The molecule has 0 heterocycles. The molecule has 7 nitrogen and oxygen atoms in total. The Morgan fingerprint density at radius 1 is 1.27 bits per heavy atom. The first-order valence-corrected chi connectivity index (χ1v) is 5.41. The Morgan fingerprint density at radius 3 is 2.36 bits per heavy atom. The molecular formula is C12H14N2O5ReRfRu-. The van der Waals surface area contributed by atoms with Gasteiger partial charge in [0, 0.05) is 27.2 Å². The topological polar surface area (TPSA) is 88.3 Å². The van der Waals surface area contributed by atoms with E-state index in [2.05, 4.69) is 15.5 Å². The summed E-state index contributed by atoms with van der Waals surface area (Å²) in [5.74, 6) is 0.200. The van der Waals surface area contributed by atoms with Crippen LogP contribution < -0.4 is 9.47 Å². The molecule has 0 amide bonds. The number of ether oxygens (including phenoxy) is 2. The van der Waals surface area contributed by atoms with E-state index in [1.165, 1.54) is 0 Å². The summed E-state index contributed by atoms with van der Waals surface area (Å²) in [5, 5.41) is 5.91. The predicted molar refractivity (Wildman–Crippen MR) is 67.5 cm³/mol. The minimum atomic E-state index is -0.820. The van der Waals surface area contributed by atoms with Crippen molar-refractivity contribution in [2.45, 2.75) is 13.8 Å². The normalized spacial score (nSPS) is 8.32. The number of nitrogens with zero attached hydrogens (tertiary/aromatic N) is 2. The molecule has 0 aliphatic rings. The van der Waals surface area contributed by atoms with Gasteiger partial charge in [0.25, 0.3) is 0 Å². The van der Waals surface area contributed by atoms with Gasteiger partial charge in [-0.25, -0.2) is 0 Å². The van der Waals surface area contributed by atoms with Crippen molar-refractivity contribution in [2.75, 3.05) is 13.8 Å². The first kappa shape index (κ1) is 25.0. The number of benzene rings is 1. The van der Waals surface area contributed by atoms with Gasteiger partial charge in [0.1, 0.15) is 16.8 Å². The molecule has 1 rings (SSSR count). The van der Waals surface area contributed by atoms with Gasteiger partial charge < -0.3 is 19.6 Å². The van der Waals surface area contributed by atoms with Crippen molar-refractivity contribution in [3.05, 3.63) is 40.1 Å². The maximum absolute atomic E-state index is 11.2. The van der Waals surface area contributed by atoms with Crippen LogP contribution in [0.2, 0.25) is 0 Å². The van der Waals surface area contributed by atoms with Gasteiger partial charge >= 0.3 is 19.5 Å². The molecular weight excluding hydrogens is 806 g/mol. The van der Waals surface area contributed by atoms with Crippen LogP contribution in [0.1, 0.15) is 11.1 Å². The molecule has 10 heteroatoms.